The molecule has 0 spiro atoms. The normalized spacial score (nSPS) is 18.1. The molecule has 1 aliphatic heterocycles. The van der Waals surface area contributed by atoms with Gasteiger partial charge < -0.3 is 10.1 Å². The summed E-state index contributed by atoms with van der Waals surface area (Å²) in [6.45, 7) is 2.20. The first-order valence-corrected chi connectivity index (χ1v) is 5.81. The summed E-state index contributed by atoms with van der Waals surface area (Å²) in [5, 5.41) is 3.34. The molecule has 0 atom stereocenters. The Bertz CT molecular complexity index is 280. The second-order valence-electron chi connectivity index (χ2n) is 3.59. The third-order valence-electron chi connectivity index (χ3n) is 2.47. The predicted molar refractivity (Wildman–Crippen MR) is 61.7 cm³/mol. The Kier molecular flexibility index (Phi) is 3.43. The van der Waals surface area contributed by atoms with E-state index in [0.717, 1.165) is 36.2 Å². The molecule has 14 heavy (non-hydrogen) atoms. The highest BCUT2D eigenvalue weighted by molar-refractivity contribution is 9.10. The number of rotatable bonds is 2. The average Bonchev–Trinajstić information content (AvgIpc) is 2.23. The van der Waals surface area contributed by atoms with E-state index in [1.165, 1.54) is 0 Å². The minimum absolute atomic E-state index is 0.512. The van der Waals surface area contributed by atoms with Gasteiger partial charge in [-0.3, -0.25) is 0 Å². The molecular weight excluding hydrogens is 242 g/mol. The van der Waals surface area contributed by atoms with Crippen LogP contribution in [0.5, 0.6) is 5.75 Å². The Balaban J connectivity index is 1.92. The van der Waals surface area contributed by atoms with Crippen LogP contribution >= 0.6 is 15.9 Å². The number of aliphatic hydroxyl groups is 1. The zero-order valence-electron chi connectivity index (χ0n) is 8.04. The molecule has 2 rings (SSSR count). The molecule has 0 amide bonds. The van der Waals surface area contributed by atoms with Crippen LogP contribution in [0.25, 0.3) is 0 Å². The molecule has 0 radical (unpaired) electrons. The van der Waals surface area contributed by atoms with Crippen molar-refractivity contribution in [2.45, 2.75) is 18.9 Å². The fraction of sp³-hybridized carbons (Fsp3) is 0.455. The molecule has 1 aromatic rings. The first-order chi connectivity index (χ1) is 6.84. The van der Waals surface area contributed by atoms with Crippen molar-refractivity contribution < 1.29 is 4.74 Å². The highest BCUT2D eigenvalue weighted by Gasteiger charge is 2.17. The fourth-order valence-electron chi connectivity index (χ4n) is 1.67. The Morgan fingerprint density at radius 2 is 1.79 bits per heavy atom. The van der Waals surface area contributed by atoms with E-state index in [2.05, 4.69) is 33.4 Å². The molecular formula is C11H15BrNO+. The number of benzene rings is 1. The maximum absolute atomic E-state index is 4.70. The van der Waals surface area contributed by atoms with Crippen molar-refractivity contribution in [1.29, 1.82) is 0 Å². The van der Waals surface area contributed by atoms with E-state index in [1.54, 1.807) is 0 Å². The average molecular weight is 257 g/mol. The minimum atomic E-state index is 0.512. The topological polar surface area (TPSA) is 24.8 Å². The van der Waals surface area contributed by atoms with Gasteiger partial charge in [0, 0.05) is 42.5 Å². The van der Waals surface area contributed by atoms with Crippen molar-refractivity contribution in [3.8, 4) is 5.75 Å². The van der Waals surface area contributed by atoms with Crippen molar-refractivity contribution in [3.05, 3.63) is 28.7 Å². The van der Waals surface area contributed by atoms with E-state index in [4.69, 9.17) is 4.74 Å². The van der Waals surface area contributed by atoms with E-state index in [1.807, 2.05) is 12.1 Å². The van der Waals surface area contributed by atoms with E-state index in [-0.39, 0.29) is 0 Å². The number of hydrogen-bond acceptors (Lipinski definition) is 1. The Hall–Kier alpha value is -0.540. The van der Waals surface area contributed by atoms with Crippen LogP contribution in [0.1, 0.15) is 12.8 Å². The molecule has 2 N–H and O–H groups in total. The lowest BCUT2D eigenvalue weighted by Crippen LogP contribution is -2.32. The van der Waals surface area contributed by atoms with Gasteiger partial charge in [0.1, 0.15) is 0 Å². The highest BCUT2D eigenvalue weighted by atomic mass is 79.9. The van der Waals surface area contributed by atoms with Crippen molar-refractivity contribution in [1.82, 2.24) is 5.32 Å². The summed E-state index contributed by atoms with van der Waals surface area (Å²) >= 11 is 3.42. The number of halogens is 1. The van der Waals surface area contributed by atoms with E-state index in [9.17, 15) is 0 Å². The third kappa shape index (κ3) is 2.72. The van der Waals surface area contributed by atoms with Gasteiger partial charge in [0.15, 0.2) is 6.10 Å². The largest absolute Gasteiger partial charge is 0.581 e. The number of nitrogens with one attached hydrogen (secondary N) is 1. The zero-order valence-corrected chi connectivity index (χ0v) is 9.63. The van der Waals surface area contributed by atoms with Gasteiger partial charge in [0.25, 0.3) is 5.75 Å². The number of ether oxygens (including phenoxy) is 1. The van der Waals surface area contributed by atoms with Gasteiger partial charge in [0.05, 0.1) is 0 Å². The van der Waals surface area contributed by atoms with Crippen LogP contribution in [-0.4, -0.2) is 23.9 Å². The van der Waals surface area contributed by atoms with Crippen LogP contribution < -0.4 is 5.32 Å². The van der Waals surface area contributed by atoms with Crippen molar-refractivity contribution >= 4 is 15.9 Å². The van der Waals surface area contributed by atoms with Crippen LogP contribution in [0.4, 0.5) is 0 Å². The van der Waals surface area contributed by atoms with Gasteiger partial charge in [-0.1, -0.05) is 15.9 Å². The summed E-state index contributed by atoms with van der Waals surface area (Å²) in [6.07, 6.45) is 2.84. The molecule has 0 aliphatic carbocycles. The summed E-state index contributed by atoms with van der Waals surface area (Å²) in [4.78, 5) is 0. The van der Waals surface area contributed by atoms with Gasteiger partial charge in [-0.15, -0.1) is 0 Å². The van der Waals surface area contributed by atoms with Crippen molar-refractivity contribution in [3.63, 3.8) is 0 Å². The molecule has 1 heterocycles. The predicted octanol–water partition coefficient (Wildman–Crippen LogP) is 2.44. The molecule has 1 aliphatic rings. The maximum atomic E-state index is 4.70. The number of piperidine rings is 1. The molecule has 0 aromatic heterocycles. The van der Waals surface area contributed by atoms with Gasteiger partial charge in [-0.25, -0.2) is 0 Å². The standard InChI is InChI=1S/C11H14BrNO/c12-9-1-3-10(4-2-9)14-11-5-7-13-8-6-11/h1-4,11,13H,5-8H2/p+1. The third-order valence-corrected chi connectivity index (χ3v) is 3.00. The number of hydrogen-bond donors (Lipinski definition) is 1. The smallest absolute Gasteiger partial charge is 0.254 e. The lowest BCUT2D eigenvalue weighted by atomic mass is 10.1. The molecule has 1 saturated heterocycles. The van der Waals surface area contributed by atoms with E-state index in [0.29, 0.717) is 6.10 Å². The number of aromatic hydroxyl groups is 1. The lowest BCUT2D eigenvalue weighted by molar-refractivity contribution is -0.0310. The van der Waals surface area contributed by atoms with E-state index >= 15 is 0 Å². The van der Waals surface area contributed by atoms with Gasteiger partial charge in [0.2, 0.25) is 0 Å². The van der Waals surface area contributed by atoms with Crippen molar-refractivity contribution in [2.24, 2.45) is 0 Å². The Morgan fingerprint density at radius 1 is 1.14 bits per heavy atom. The highest BCUT2D eigenvalue weighted by Crippen LogP contribution is 2.20. The first-order valence-electron chi connectivity index (χ1n) is 5.02. The van der Waals surface area contributed by atoms with E-state index < -0.39 is 0 Å². The fourth-order valence-corrected chi connectivity index (χ4v) is 1.94. The second-order valence-corrected chi connectivity index (χ2v) is 4.50. The van der Waals surface area contributed by atoms with Crippen LogP contribution in [0.3, 0.4) is 0 Å². The lowest BCUT2D eigenvalue weighted by Gasteiger charge is -2.21. The summed E-state index contributed by atoms with van der Waals surface area (Å²) in [5.74, 6) is 1.10. The molecule has 2 nitrogen and oxygen atoms in total. The van der Waals surface area contributed by atoms with Gasteiger partial charge in [-0.2, -0.15) is 0 Å². The summed E-state index contributed by atoms with van der Waals surface area (Å²) in [6, 6.07) is 8.21. The molecule has 3 heteroatoms. The summed E-state index contributed by atoms with van der Waals surface area (Å²) < 4.78 is 5.81. The van der Waals surface area contributed by atoms with Gasteiger partial charge in [-0.05, 0) is 12.1 Å². The maximum Gasteiger partial charge on any atom is 0.254 e. The molecule has 76 valence electrons. The minimum Gasteiger partial charge on any atom is -0.581 e. The Labute approximate surface area is 92.8 Å². The first kappa shape index (κ1) is 9.99. The molecule has 0 bridgehead atoms. The van der Waals surface area contributed by atoms with Gasteiger partial charge >= 0.3 is 0 Å². The monoisotopic (exact) mass is 256 g/mol. The molecule has 0 unspecified atom stereocenters. The quantitative estimate of drug-likeness (QED) is 0.809. The summed E-state index contributed by atoms with van der Waals surface area (Å²) in [5.41, 5.74) is 0. The summed E-state index contributed by atoms with van der Waals surface area (Å²) in [7, 11) is 0. The molecule has 1 fully saturated rings. The molecule has 1 aromatic carbocycles. The van der Waals surface area contributed by atoms with Crippen molar-refractivity contribution in [2.75, 3.05) is 13.1 Å². The van der Waals surface area contributed by atoms with Crippen LogP contribution in [0.15, 0.2) is 28.7 Å². The zero-order chi connectivity index (χ0) is 9.80. The SMILES string of the molecule is Brc1ccc([OH+]C2CCNCC2)cc1. The Morgan fingerprint density at radius 3 is 2.43 bits per heavy atom. The van der Waals surface area contributed by atoms with Crippen LogP contribution in [0.2, 0.25) is 0 Å². The van der Waals surface area contributed by atoms with Crippen LogP contribution in [0, 0.1) is 0 Å². The molecule has 0 saturated carbocycles. The van der Waals surface area contributed by atoms with Crippen LogP contribution in [-0.2, 0) is 0 Å². The second kappa shape index (κ2) is 4.80.